The van der Waals surface area contributed by atoms with Gasteiger partial charge in [0.2, 0.25) is 0 Å². The van der Waals surface area contributed by atoms with Gasteiger partial charge in [-0.3, -0.25) is 0 Å². The molecule has 0 heterocycles. The first-order valence-corrected chi connectivity index (χ1v) is 6.88. The van der Waals surface area contributed by atoms with Crippen LogP contribution in [0.15, 0.2) is 18.2 Å². The summed E-state index contributed by atoms with van der Waals surface area (Å²) >= 11 is 6.01. The average Bonchev–Trinajstić information content (AvgIpc) is 2.41. The first-order chi connectivity index (χ1) is 9.17. The number of benzene rings is 1. The van der Waals surface area contributed by atoms with Gasteiger partial charge < -0.3 is 19.9 Å². The molecule has 0 spiro atoms. The number of hydrogen-bond donors (Lipinski definition) is 2. The molecule has 0 radical (unpaired) electrons. The van der Waals surface area contributed by atoms with Crippen molar-refractivity contribution in [3.8, 4) is 5.75 Å². The molecule has 1 rings (SSSR count). The van der Waals surface area contributed by atoms with E-state index in [1.165, 1.54) is 0 Å². The third-order valence-electron chi connectivity index (χ3n) is 2.65. The quantitative estimate of drug-likeness (QED) is 0.686. The van der Waals surface area contributed by atoms with Gasteiger partial charge in [0, 0.05) is 18.8 Å². The van der Waals surface area contributed by atoms with Crippen molar-refractivity contribution < 1.29 is 14.6 Å². The second kappa shape index (κ2) is 9.02. The van der Waals surface area contributed by atoms with E-state index in [-0.39, 0.29) is 0 Å². The van der Waals surface area contributed by atoms with Crippen LogP contribution in [-0.2, 0) is 4.74 Å². The zero-order chi connectivity index (χ0) is 14.1. The summed E-state index contributed by atoms with van der Waals surface area (Å²) < 4.78 is 10.4. The van der Waals surface area contributed by atoms with Gasteiger partial charge in [-0.15, -0.1) is 0 Å². The van der Waals surface area contributed by atoms with Gasteiger partial charge in [-0.05, 0) is 24.6 Å². The van der Waals surface area contributed by atoms with E-state index in [0.29, 0.717) is 30.5 Å². The smallest absolute Gasteiger partial charge is 0.137 e. The first-order valence-electron chi connectivity index (χ1n) is 6.50. The van der Waals surface area contributed by atoms with Crippen molar-refractivity contribution in [2.24, 2.45) is 0 Å². The maximum atomic E-state index is 9.73. The van der Waals surface area contributed by atoms with Gasteiger partial charge in [0.1, 0.15) is 5.75 Å². The van der Waals surface area contributed by atoms with Crippen LogP contribution < -0.4 is 10.1 Å². The number of methoxy groups -OCH3 is 1. The molecule has 0 aliphatic carbocycles. The van der Waals surface area contributed by atoms with Gasteiger partial charge in [-0.1, -0.05) is 24.9 Å². The molecule has 1 aromatic rings. The zero-order valence-corrected chi connectivity index (χ0v) is 12.2. The molecule has 0 bridgehead atoms. The molecule has 0 aromatic heterocycles. The van der Waals surface area contributed by atoms with E-state index in [0.717, 1.165) is 18.5 Å². The lowest BCUT2D eigenvalue weighted by Gasteiger charge is -2.14. The Morgan fingerprint density at radius 3 is 2.84 bits per heavy atom. The highest BCUT2D eigenvalue weighted by atomic mass is 35.5. The summed E-state index contributed by atoms with van der Waals surface area (Å²) in [7, 11) is 1.58. The van der Waals surface area contributed by atoms with Gasteiger partial charge in [0.15, 0.2) is 0 Å². The van der Waals surface area contributed by atoms with Crippen LogP contribution in [0.4, 0.5) is 5.69 Å². The molecule has 0 aliphatic rings. The Kier molecular flexibility index (Phi) is 7.63. The lowest BCUT2D eigenvalue weighted by atomic mass is 10.3. The second-order valence-electron chi connectivity index (χ2n) is 4.31. The number of anilines is 1. The topological polar surface area (TPSA) is 50.7 Å². The van der Waals surface area contributed by atoms with Gasteiger partial charge >= 0.3 is 0 Å². The third kappa shape index (κ3) is 6.14. The minimum absolute atomic E-state index is 0.344. The second-order valence-corrected chi connectivity index (χ2v) is 4.72. The number of hydrogen-bond acceptors (Lipinski definition) is 4. The number of unbranched alkanes of at least 4 members (excludes halogenated alkanes) is 1. The van der Waals surface area contributed by atoms with E-state index >= 15 is 0 Å². The molecular weight excluding hydrogens is 266 g/mol. The predicted molar refractivity (Wildman–Crippen MR) is 78.2 cm³/mol. The minimum Gasteiger partial charge on any atom is -0.495 e. The number of aliphatic hydroxyl groups excluding tert-OH is 1. The average molecular weight is 288 g/mol. The molecule has 2 N–H and O–H groups in total. The number of aliphatic hydroxyl groups is 1. The lowest BCUT2D eigenvalue weighted by Crippen LogP contribution is -2.25. The lowest BCUT2D eigenvalue weighted by molar-refractivity contribution is 0.0422. The van der Waals surface area contributed by atoms with Crippen LogP contribution in [0.5, 0.6) is 5.75 Å². The Labute approximate surface area is 119 Å². The number of nitrogens with one attached hydrogen (secondary N) is 1. The Bertz CT molecular complexity index is 374. The van der Waals surface area contributed by atoms with Crippen molar-refractivity contribution in [2.75, 3.05) is 32.2 Å². The summed E-state index contributed by atoms with van der Waals surface area (Å²) in [6.07, 6.45) is 1.59. The minimum atomic E-state index is -0.530. The summed E-state index contributed by atoms with van der Waals surface area (Å²) in [5.41, 5.74) is 0.846. The van der Waals surface area contributed by atoms with Crippen molar-refractivity contribution >= 4 is 17.3 Å². The van der Waals surface area contributed by atoms with Gasteiger partial charge in [-0.2, -0.15) is 0 Å². The number of ether oxygens (including phenoxy) is 2. The molecule has 1 unspecified atom stereocenters. The molecule has 19 heavy (non-hydrogen) atoms. The fourth-order valence-electron chi connectivity index (χ4n) is 1.54. The van der Waals surface area contributed by atoms with Crippen LogP contribution in [0, 0.1) is 0 Å². The summed E-state index contributed by atoms with van der Waals surface area (Å²) in [5.74, 6) is 0.635. The maximum absolute atomic E-state index is 9.73. The maximum Gasteiger partial charge on any atom is 0.137 e. The van der Waals surface area contributed by atoms with Crippen LogP contribution in [-0.4, -0.2) is 38.1 Å². The Morgan fingerprint density at radius 1 is 1.42 bits per heavy atom. The van der Waals surface area contributed by atoms with E-state index in [1.54, 1.807) is 19.2 Å². The number of rotatable bonds is 9. The molecule has 0 saturated carbocycles. The van der Waals surface area contributed by atoms with Crippen molar-refractivity contribution in [2.45, 2.75) is 25.9 Å². The van der Waals surface area contributed by atoms with E-state index in [1.807, 2.05) is 6.07 Å². The molecule has 4 nitrogen and oxygen atoms in total. The van der Waals surface area contributed by atoms with Crippen LogP contribution in [0.2, 0.25) is 5.02 Å². The molecular formula is C14H22ClNO3. The Morgan fingerprint density at radius 2 is 2.21 bits per heavy atom. The molecule has 0 aliphatic heterocycles. The van der Waals surface area contributed by atoms with E-state index in [9.17, 15) is 5.11 Å². The Hall–Kier alpha value is -0.970. The summed E-state index contributed by atoms with van der Waals surface area (Å²) in [6.45, 7) is 3.57. The fraction of sp³-hybridized carbons (Fsp3) is 0.571. The first kappa shape index (κ1) is 16.1. The summed E-state index contributed by atoms with van der Waals surface area (Å²) in [5, 5.41) is 13.4. The summed E-state index contributed by atoms with van der Waals surface area (Å²) in [6, 6.07) is 5.41. The van der Waals surface area contributed by atoms with E-state index < -0.39 is 6.10 Å². The Balaban J connectivity index is 2.29. The molecule has 0 saturated heterocycles. The van der Waals surface area contributed by atoms with Gasteiger partial charge in [-0.25, -0.2) is 0 Å². The van der Waals surface area contributed by atoms with Gasteiger partial charge in [0.25, 0.3) is 0 Å². The summed E-state index contributed by atoms with van der Waals surface area (Å²) in [4.78, 5) is 0. The molecule has 5 heteroatoms. The molecule has 1 atom stereocenters. The number of halogens is 1. The molecule has 0 fully saturated rings. The van der Waals surface area contributed by atoms with Crippen molar-refractivity contribution in [3.05, 3.63) is 23.2 Å². The molecule has 108 valence electrons. The molecule has 1 aromatic carbocycles. The highest BCUT2D eigenvalue weighted by Crippen LogP contribution is 2.27. The zero-order valence-electron chi connectivity index (χ0n) is 11.5. The van der Waals surface area contributed by atoms with Gasteiger partial charge in [0.05, 0.1) is 24.8 Å². The molecule has 0 amide bonds. The predicted octanol–water partition coefficient (Wildman–Crippen LogP) is 2.94. The standard InChI is InChI=1S/C14H22ClNO3/c1-3-4-7-19-10-12(17)9-16-11-5-6-14(18-2)13(15)8-11/h5-6,8,12,16-17H,3-4,7,9-10H2,1-2H3. The fourth-order valence-corrected chi connectivity index (χ4v) is 1.79. The van der Waals surface area contributed by atoms with E-state index in [4.69, 9.17) is 21.1 Å². The SMILES string of the molecule is CCCCOCC(O)CNc1ccc(OC)c(Cl)c1. The highest BCUT2D eigenvalue weighted by Gasteiger charge is 2.06. The van der Waals surface area contributed by atoms with E-state index in [2.05, 4.69) is 12.2 Å². The third-order valence-corrected chi connectivity index (χ3v) is 2.94. The monoisotopic (exact) mass is 287 g/mol. The normalized spacial score (nSPS) is 12.2. The van der Waals surface area contributed by atoms with Crippen molar-refractivity contribution in [3.63, 3.8) is 0 Å². The van der Waals surface area contributed by atoms with Crippen molar-refractivity contribution in [1.29, 1.82) is 0 Å². The van der Waals surface area contributed by atoms with Crippen LogP contribution in [0.3, 0.4) is 0 Å². The van der Waals surface area contributed by atoms with Crippen LogP contribution in [0.25, 0.3) is 0 Å². The highest BCUT2D eigenvalue weighted by molar-refractivity contribution is 6.32. The van der Waals surface area contributed by atoms with Crippen LogP contribution >= 0.6 is 11.6 Å². The largest absolute Gasteiger partial charge is 0.495 e. The van der Waals surface area contributed by atoms with Crippen LogP contribution in [0.1, 0.15) is 19.8 Å². The van der Waals surface area contributed by atoms with Crippen molar-refractivity contribution in [1.82, 2.24) is 0 Å².